The molecule has 0 atom stereocenters. The summed E-state index contributed by atoms with van der Waals surface area (Å²) in [6, 6.07) is 18.8. The van der Waals surface area contributed by atoms with Gasteiger partial charge < -0.3 is 14.7 Å². The van der Waals surface area contributed by atoms with Gasteiger partial charge in [-0.3, -0.25) is 9.59 Å². The van der Waals surface area contributed by atoms with E-state index < -0.39 is 0 Å². The van der Waals surface area contributed by atoms with Crippen molar-refractivity contribution < 1.29 is 14.1 Å². The van der Waals surface area contributed by atoms with E-state index in [-0.39, 0.29) is 17.5 Å². The van der Waals surface area contributed by atoms with Crippen LogP contribution in [-0.4, -0.2) is 42.0 Å². The van der Waals surface area contributed by atoms with Gasteiger partial charge in [0.05, 0.1) is 0 Å². The Kier molecular flexibility index (Phi) is 5.24. The molecule has 2 amide bonds. The fraction of sp³-hybridized carbons (Fsp3) is 0.174. The maximum Gasteiger partial charge on any atom is 0.276 e. The maximum atomic E-state index is 12.8. The first kappa shape index (κ1) is 18.7. The van der Waals surface area contributed by atoms with Gasteiger partial charge in [0.15, 0.2) is 11.5 Å². The third kappa shape index (κ3) is 3.96. The van der Waals surface area contributed by atoms with Crippen LogP contribution < -0.4 is 5.32 Å². The minimum absolute atomic E-state index is 0.148. The molecule has 2 heterocycles. The Morgan fingerprint density at radius 2 is 1.79 bits per heavy atom. The van der Waals surface area contributed by atoms with Crippen LogP contribution in [-0.2, 0) is 0 Å². The Labute approximate surface area is 168 Å². The molecule has 0 aliphatic carbocycles. The number of benzene rings is 2. The smallest absolute Gasteiger partial charge is 0.276 e. The van der Waals surface area contributed by atoms with Crippen molar-refractivity contribution in [1.29, 1.82) is 0 Å². The summed E-state index contributed by atoms with van der Waals surface area (Å²) >= 11 is 0. The van der Waals surface area contributed by atoms with Crippen LogP contribution in [0.25, 0.3) is 16.9 Å². The Morgan fingerprint density at radius 3 is 2.45 bits per heavy atom. The highest BCUT2D eigenvalue weighted by Crippen LogP contribution is 2.25. The van der Waals surface area contributed by atoms with Gasteiger partial charge in [0.2, 0.25) is 0 Å². The maximum absolute atomic E-state index is 12.8. The fourth-order valence-electron chi connectivity index (χ4n) is 3.37. The second-order valence-corrected chi connectivity index (χ2v) is 6.83. The van der Waals surface area contributed by atoms with Crippen molar-refractivity contribution >= 4 is 17.4 Å². The van der Waals surface area contributed by atoms with Crippen molar-refractivity contribution in [3.63, 3.8) is 0 Å². The van der Waals surface area contributed by atoms with E-state index in [1.54, 1.807) is 42.3 Å². The normalized spacial score (nSPS) is 13.7. The van der Waals surface area contributed by atoms with Crippen molar-refractivity contribution in [3.05, 3.63) is 83.6 Å². The van der Waals surface area contributed by atoms with Crippen LogP contribution in [0.2, 0.25) is 0 Å². The topological polar surface area (TPSA) is 75.4 Å². The standard InChI is InChI=1S/C23H21N3O3/c1-24-22(27)19-9-7-18(8-10-19)21-15-20(25-29-21)23(28)26-13-11-17(12-14-26)16-5-3-2-4-6-16/h2-11,15H,12-14H2,1H3,(H,24,27). The molecule has 6 nitrogen and oxygen atoms in total. The lowest BCUT2D eigenvalue weighted by Gasteiger charge is -2.25. The number of hydrogen-bond donors (Lipinski definition) is 1. The average molecular weight is 387 g/mol. The largest absolute Gasteiger partial charge is 0.355 e. The third-order valence-electron chi connectivity index (χ3n) is 5.03. The fourth-order valence-corrected chi connectivity index (χ4v) is 3.37. The third-order valence-corrected chi connectivity index (χ3v) is 5.03. The molecule has 2 aromatic carbocycles. The van der Waals surface area contributed by atoms with E-state index in [1.807, 2.05) is 18.2 Å². The lowest BCUT2D eigenvalue weighted by molar-refractivity contribution is 0.0762. The van der Waals surface area contributed by atoms with E-state index in [2.05, 4.69) is 28.7 Å². The molecular weight excluding hydrogens is 366 g/mol. The Bertz CT molecular complexity index is 1050. The molecule has 1 N–H and O–H groups in total. The summed E-state index contributed by atoms with van der Waals surface area (Å²) in [5, 5.41) is 6.53. The molecule has 29 heavy (non-hydrogen) atoms. The van der Waals surface area contributed by atoms with E-state index in [4.69, 9.17) is 4.52 Å². The van der Waals surface area contributed by atoms with Crippen LogP contribution in [0.15, 0.2) is 71.3 Å². The highest BCUT2D eigenvalue weighted by molar-refractivity contribution is 5.95. The molecule has 0 spiro atoms. The van der Waals surface area contributed by atoms with Gasteiger partial charge in [-0.15, -0.1) is 0 Å². The molecule has 1 aromatic heterocycles. The lowest BCUT2D eigenvalue weighted by Crippen LogP contribution is -2.34. The summed E-state index contributed by atoms with van der Waals surface area (Å²) < 4.78 is 5.37. The van der Waals surface area contributed by atoms with Gasteiger partial charge in [-0.1, -0.05) is 53.7 Å². The first-order valence-electron chi connectivity index (χ1n) is 9.48. The highest BCUT2D eigenvalue weighted by Gasteiger charge is 2.22. The highest BCUT2D eigenvalue weighted by atomic mass is 16.5. The number of carbonyl (C=O) groups excluding carboxylic acids is 2. The van der Waals surface area contributed by atoms with Crippen LogP contribution in [0.3, 0.4) is 0 Å². The molecule has 6 heteroatoms. The minimum atomic E-state index is -0.155. The SMILES string of the molecule is CNC(=O)c1ccc(-c2cc(C(=O)N3CC=C(c4ccccc4)CC3)no2)cc1. The summed E-state index contributed by atoms with van der Waals surface area (Å²) in [7, 11) is 1.59. The van der Waals surface area contributed by atoms with Crippen LogP contribution >= 0.6 is 0 Å². The van der Waals surface area contributed by atoms with Crippen LogP contribution in [0.4, 0.5) is 0 Å². The Balaban J connectivity index is 1.45. The summed E-state index contributed by atoms with van der Waals surface area (Å²) in [5.41, 5.74) is 4.05. The molecule has 4 rings (SSSR count). The first-order chi connectivity index (χ1) is 14.2. The van der Waals surface area contributed by atoms with Crippen molar-refractivity contribution in [2.75, 3.05) is 20.1 Å². The zero-order valence-corrected chi connectivity index (χ0v) is 16.1. The molecule has 0 unspecified atom stereocenters. The predicted molar refractivity (Wildman–Crippen MR) is 110 cm³/mol. The monoisotopic (exact) mass is 387 g/mol. The van der Waals surface area contributed by atoms with E-state index in [9.17, 15) is 9.59 Å². The molecule has 0 saturated heterocycles. The van der Waals surface area contributed by atoms with Gasteiger partial charge in [0, 0.05) is 37.3 Å². The zero-order valence-electron chi connectivity index (χ0n) is 16.1. The molecule has 146 valence electrons. The molecule has 0 bridgehead atoms. The zero-order chi connectivity index (χ0) is 20.2. The minimum Gasteiger partial charge on any atom is -0.355 e. The van der Waals surface area contributed by atoms with Gasteiger partial charge in [-0.05, 0) is 29.7 Å². The van der Waals surface area contributed by atoms with Crippen molar-refractivity contribution in [1.82, 2.24) is 15.4 Å². The van der Waals surface area contributed by atoms with Gasteiger partial charge in [-0.2, -0.15) is 0 Å². The molecule has 0 fully saturated rings. The lowest BCUT2D eigenvalue weighted by atomic mass is 9.99. The van der Waals surface area contributed by atoms with Gasteiger partial charge in [0.1, 0.15) is 0 Å². The summed E-state index contributed by atoms with van der Waals surface area (Å²) in [6.45, 7) is 1.19. The number of amides is 2. The number of aromatic nitrogens is 1. The number of rotatable bonds is 4. The quantitative estimate of drug-likeness (QED) is 0.742. The summed E-state index contributed by atoms with van der Waals surface area (Å²) in [6.07, 6.45) is 2.90. The molecule has 3 aromatic rings. The van der Waals surface area contributed by atoms with Gasteiger partial charge in [0.25, 0.3) is 11.8 Å². The van der Waals surface area contributed by atoms with E-state index >= 15 is 0 Å². The van der Waals surface area contributed by atoms with E-state index in [0.29, 0.717) is 24.4 Å². The number of nitrogens with one attached hydrogen (secondary N) is 1. The molecule has 0 radical (unpaired) electrons. The second-order valence-electron chi connectivity index (χ2n) is 6.83. The number of hydrogen-bond acceptors (Lipinski definition) is 4. The molecule has 0 saturated carbocycles. The second kappa shape index (κ2) is 8.14. The van der Waals surface area contributed by atoms with Crippen LogP contribution in [0.5, 0.6) is 0 Å². The average Bonchev–Trinajstić information content (AvgIpc) is 3.29. The van der Waals surface area contributed by atoms with Crippen molar-refractivity contribution in [3.8, 4) is 11.3 Å². The molecule has 1 aliphatic heterocycles. The summed E-state index contributed by atoms with van der Waals surface area (Å²) in [4.78, 5) is 26.2. The Hall–Kier alpha value is -3.67. The summed E-state index contributed by atoms with van der Waals surface area (Å²) in [5.74, 6) is 0.192. The van der Waals surface area contributed by atoms with E-state index in [0.717, 1.165) is 12.0 Å². The molecule has 1 aliphatic rings. The Morgan fingerprint density at radius 1 is 1.03 bits per heavy atom. The van der Waals surface area contributed by atoms with Crippen LogP contribution in [0.1, 0.15) is 32.8 Å². The predicted octanol–water partition coefficient (Wildman–Crippen LogP) is 3.63. The number of nitrogens with zero attached hydrogens (tertiary/aromatic N) is 2. The van der Waals surface area contributed by atoms with E-state index in [1.165, 1.54) is 11.1 Å². The van der Waals surface area contributed by atoms with Crippen molar-refractivity contribution in [2.45, 2.75) is 6.42 Å². The van der Waals surface area contributed by atoms with Crippen molar-refractivity contribution in [2.24, 2.45) is 0 Å². The van der Waals surface area contributed by atoms with Crippen LogP contribution in [0, 0.1) is 0 Å². The van der Waals surface area contributed by atoms with Gasteiger partial charge in [-0.25, -0.2) is 0 Å². The first-order valence-corrected chi connectivity index (χ1v) is 9.48. The molecular formula is C23H21N3O3. The van der Waals surface area contributed by atoms with Gasteiger partial charge >= 0.3 is 0 Å². The number of carbonyl (C=O) groups is 2.